The van der Waals surface area contributed by atoms with E-state index in [1.165, 1.54) is 0 Å². The van der Waals surface area contributed by atoms with Crippen LogP contribution in [0, 0.1) is 0 Å². The minimum Gasteiger partial charge on any atom is -0.497 e. The van der Waals surface area contributed by atoms with Crippen LogP contribution < -0.4 is 10.5 Å². The molecule has 14 heavy (non-hydrogen) atoms. The molecule has 0 heterocycles. The highest BCUT2D eigenvalue weighted by atomic mass is 79.9. The molecular weight excluding hydrogens is 246 g/mol. The van der Waals surface area contributed by atoms with Crippen molar-refractivity contribution in [2.45, 2.75) is 12.5 Å². The number of aliphatic hydroxyl groups is 1. The second-order valence-corrected chi connectivity index (χ2v) is 3.83. The van der Waals surface area contributed by atoms with Crippen molar-refractivity contribution in [2.24, 2.45) is 5.73 Å². The molecule has 0 bridgehead atoms. The van der Waals surface area contributed by atoms with Gasteiger partial charge in [-0.15, -0.1) is 0 Å². The first-order chi connectivity index (χ1) is 6.69. The van der Waals surface area contributed by atoms with Crippen molar-refractivity contribution >= 4 is 15.9 Å². The predicted octanol–water partition coefficient (Wildman–Crippen LogP) is 1.84. The average molecular weight is 260 g/mol. The van der Waals surface area contributed by atoms with E-state index in [4.69, 9.17) is 10.5 Å². The van der Waals surface area contributed by atoms with E-state index < -0.39 is 6.10 Å². The van der Waals surface area contributed by atoms with Crippen LogP contribution in [-0.4, -0.2) is 18.8 Å². The number of nitrogens with two attached hydrogens (primary N) is 1. The zero-order chi connectivity index (χ0) is 10.6. The van der Waals surface area contributed by atoms with Crippen LogP contribution in [-0.2, 0) is 0 Å². The summed E-state index contributed by atoms with van der Waals surface area (Å²) < 4.78 is 5.90. The predicted molar refractivity (Wildman–Crippen MR) is 59.3 cm³/mol. The van der Waals surface area contributed by atoms with E-state index in [2.05, 4.69) is 15.9 Å². The van der Waals surface area contributed by atoms with Crippen LogP contribution in [0.4, 0.5) is 0 Å². The third kappa shape index (κ3) is 2.70. The van der Waals surface area contributed by atoms with Crippen LogP contribution in [0.1, 0.15) is 18.1 Å². The molecule has 0 radical (unpaired) electrons. The summed E-state index contributed by atoms with van der Waals surface area (Å²) in [4.78, 5) is 0. The van der Waals surface area contributed by atoms with Gasteiger partial charge in [0.25, 0.3) is 0 Å². The van der Waals surface area contributed by atoms with Gasteiger partial charge >= 0.3 is 0 Å². The van der Waals surface area contributed by atoms with Gasteiger partial charge in [-0.25, -0.2) is 0 Å². The molecule has 1 aromatic carbocycles. The van der Waals surface area contributed by atoms with E-state index in [9.17, 15) is 5.11 Å². The number of halogens is 1. The lowest BCUT2D eigenvalue weighted by molar-refractivity contribution is 0.169. The van der Waals surface area contributed by atoms with E-state index in [0.29, 0.717) is 13.0 Å². The van der Waals surface area contributed by atoms with Crippen LogP contribution in [0.3, 0.4) is 0 Å². The summed E-state index contributed by atoms with van der Waals surface area (Å²) in [5, 5.41) is 9.71. The third-order valence-corrected chi connectivity index (χ3v) is 2.69. The van der Waals surface area contributed by atoms with Gasteiger partial charge in [0.15, 0.2) is 0 Å². The Kier molecular flexibility index (Phi) is 4.38. The van der Waals surface area contributed by atoms with E-state index in [1.54, 1.807) is 7.11 Å². The molecule has 3 N–H and O–H groups in total. The van der Waals surface area contributed by atoms with Crippen molar-refractivity contribution in [3.8, 4) is 5.75 Å². The van der Waals surface area contributed by atoms with Gasteiger partial charge in [0, 0.05) is 4.47 Å². The van der Waals surface area contributed by atoms with Crippen LogP contribution >= 0.6 is 15.9 Å². The van der Waals surface area contributed by atoms with Gasteiger partial charge in [-0.1, -0.05) is 22.0 Å². The molecule has 0 saturated heterocycles. The first-order valence-electron chi connectivity index (χ1n) is 4.40. The minimum absolute atomic E-state index is 0.472. The van der Waals surface area contributed by atoms with Crippen LogP contribution in [0.15, 0.2) is 22.7 Å². The van der Waals surface area contributed by atoms with Gasteiger partial charge in [0.1, 0.15) is 5.75 Å². The Bertz CT molecular complexity index is 304. The molecule has 78 valence electrons. The largest absolute Gasteiger partial charge is 0.497 e. The zero-order valence-corrected chi connectivity index (χ0v) is 9.62. The number of ether oxygens (including phenoxy) is 1. The molecule has 0 saturated carbocycles. The summed E-state index contributed by atoms with van der Waals surface area (Å²) in [6.45, 7) is 0.472. The molecule has 0 aliphatic rings. The molecule has 0 amide bonds. The molecule has 1 aromatic rings. The van der Waals surface area contributed by atoms with Gasteiger partial charge in [0.05, 0.1) is 13.2 Å². The summed E-state index contributed by atoms with van der Waals surface area (Å²) in [6, 6.07) is 5.48. The standard InChI is InChI=1S/C10H14BrNO2/c1-14-7-2-3-8(9(11)6-7)10(13)4-5-12/h2-3,6,10,13H,4-5,12H2,1H3. The van der Waals surface area contributed by atoms with Gasteiger partial charge < -0.3 is 15.6 Å². The Balaban J connectivity index is 2.88. The Labute approximate surface area is 92.0 Å². The SMILES string of the molecule is COc1ccc(C(O)CCN)c(Br)c1. The Morgan fingerprint density at radius 1 is 1.57 bits per heavy atom. The summed E-state index contributed by atoms with van der Waals surface area (Å²) in [7, 11) is 1.61. The summed E-state index contributed by atoms with van der Waals surface area (Å²) >= 11 is 3.38. The minimum atomic E-state index is -0.514. The monoisotopic (exact) mass is 259 g/mol. The van der Waals surface area contributed by atoms with Crippen LogP contribution in [0.25, 0.3) is 0 Å². The highest BCUT2D eigenvalue weighted by molar-refractivity contribution is 9.10. The number of rotatable bonds is 4. The molecule has 0 aliphatic carbocycles. The van der Waals surface area contributed by atoms with Crippen molar-refractivity contribution in [3.63, 3.8) is 0 Å². The van der Waals surface area contributed by atoms with E-state index in [-0.39, 0.29) is 0 Å². The maximum atomic E-state index is 9.71. The molecule has 4 heteroatoms. The van der Waals surface area contributed by atoms with E-state index in [1.807, 2.05) is 18.2 Å². The Morgan fingerprint density at radius 3 is 2.79 bits per heavy atom. The number of hydrogen-bond acceptors (Lipinski definition) is 3. The molecule has 0 aliphatic heterocycles. The summed E-state index contributed by atoms with van der Waals surface area (Å²) in [5.41, 5.74) is 6.22. The third-order valence-electron chi connectivity index (χ3n) is 2.01. The lowest BCUT2D eigenvalue weighted by atomic mass is 10.1. The Morgan fingerprint density at radius 2 is 2.29 bits per heavy atom. The average Bonchev–Trinajstić information content (AvgIpc) is 2.17. The number of methoxy groups -OCH3 is 1. The highest BCUT2D eigenvalue weighted by Gasteiger charge is 2.10. The van der Waals surface area contributed by atoms with Gasteiger partial charge in [0.2, 0.25) is 0 Å². The maximum absolute atomic E-state index is 9.71. The van der Waals surface area contributed by atoms with Crippen molar-refractivity contribution in [1.82, 2.24) is 0 Å². The maximum Gasteiger partial charge on any atom is 0.120 e. The van der Waals surface area contributed by atoms with Crippen molar-refractivity contribution in [3.05, 3.63) is 28.2 Å². The zero-order valence-electron chi connectivity index (χ0n) is 8.03. The second-order valence-electron chi connectivity index (χ2n) is 2.98. The quantitative estimate of drug-likeness (QED) is 0.868. The van der Waals surface area contributed by atoms with Crippen molar-refractivity contribution in [2.75, 3.05) is 13.7 Å². The number of aliphatic hydroxyl groups excluding tert-OH is 1. The van der Waals surface area contributed by atoms with E-state index in [0.717, 1.165) is 15.8 Å². The molecular formula is C10H14BrNO2. The van der Waals surface area contributed by atoms with Crippen molar-refractivity contribution < 1.29 is 9.84 Å². The molecule has 1 atom stereocenters. The lowest BCUT2D eigenvalue weighted by Crippen LogP contribution is -2.07. The first kappa shape index (κ1) is 11.5. The molecule has 3 nitrogen and oxygen atoms in total. The molecule has 0 fully saturated rings. The molecule has 0 aromatic heterocycles. The van der Waals surface area contributed by atoms with Gasteiger partial charge in [-0.3, -0.25) is 0 Å². The first-order valence-corrected chi connectivity index (χ1v) is 5.20. The normalized spacial score (nSPS) is 12.6. The van der Waals surface area contributed by atoms with Crippen LogP contribution in [0.5, 0.6) is 5.75 Å². The van der Waals surface area contributed by atoms with Gasteiger partial charge in [-0.2, -0.15) is 0 Å². The van der Waals surface area contributed by atoms with Crippen LogP contribution in [0.2, 0.25) is 0 Å². The molecule has 0 spiro atoms. The smallest absolute Gasteiger partial charge is 0.120 e. The lowest BCUT2D eigenvalue weighted by Gasteiger charge is -2.12. The molecule has 1 rings (SSSR count). The summed E-state index contributed by atoms with van der Waals surface area (Å²) in [6.07, 6.45) is 0.0468. The fraction of sp³-hybridized carbons (Fsp3) is 0.400. The fourth-order valence-electron chi connectivity index (χ4n) is 1.22. The Hall–Kier alpha value is -0.580. The topological polar surface area (TPSA) is 55.5 Å². The summed E-state index contributed by atoms with van der Waals surface area (Å²) in [5.74, 6) is 0.764. The van der Waals surface area contributed by atoms with E-state index >= 15 is 0 Å². The van der Waals surface area contributed by atoms with Gasteiger partial charge in [-0.05, 0) is 30.7 Å². The fourth-order valence-corrected chi connectivity index (χ4v) is 1.84. The second kappa shape index (κ2) is 5.34. The number of hydrogen-bond donors (Lipinski definition) is 2. The molecule has 1 unspecified atom stereocenters. The van der Waals surface area contributed by atoms with Crippen molar-refractivity contribution in [1.29, 1.82) is 0 Å². The highest BCUT2D eigenvalue weighted by Crippen LogP contribution is 2.28. The number of benzene rings is 1.